The molecular formula is C21H30FN3. The molecule has 1 rings (SSSR count). The SMILES string of the molecule is C=C=C(\C=N/C(C)=C(CC)\C(F)=C/C)/C(C=N)=C/NC1CCCCC1. The van der Waals surface area contributed by atoms with Crippen LogP contribution in [0.4, 0.5) is 4.39 Å². The first-order valence-electron chi connectivity index (χ1n) is 9.00. The fraction of sp³-hybridized carbons (Fsp3) is 0.476. The molecule has 25 heavy (non-hydrogen) atoms. The highest BCUT2D eigenvalue weighted by atomic mass is 19.1. The predicted molar refractivity (Wildman–Crippen MR) is 106 cm³/mol. The lowest BCUT2D eigenvalue weighted by molar-refractivity contribution is 0.404. The molecule has 1 saturated carbocycles. The van der Waals surface area contributed by atoms with Crippen molar-refractivity contribution < 1.29 is 4.39 Å². The van der Waals surface area contributed by atoms with E-state index in [1.54, 1.807) is 20.1 Å². The van der Waals surface area contributed by atoms with Crippen molar-refractivity contribution in [2.45, 2.75) is 65.3 Å². The highest BCUT2D eigenvalue weighted by Gasteiger charge is 2.11. The van der Waals surface area contributed by atoms with Crippen molar-refractivity contribution in [3.63, 3.8) is 0 Å². The van der Waals surface area contributed by atoms with E-state index in [4.69, 9.17) is 5.41 Å². The Morgan fingerprint density at radius 2 is 2.04 bits per heavy atom. The number of hydrogen-bond acceptors (Lipinski definition) is 3. The molecule has 0 radical (unpaired) electrons. The quantitative estimate of drug-likeness (QED) is 0.327. The molecule has 0 aromatic heterocycles. The number of hydrogen-bond donors (Lipinski definition) is 2. The normalized spacial score (nSPS) is 17.9. The van der Waals surface area contributed by atoms with Crippen LogP contribution < -0.4 is 5.32 Å². The maximum absolute atomic E-state index is 13.8. The van der Waals surface area contributed by atoms with Gasteiger partial charge in [0.05, 0.1) is 0 Å². The van der Waals surface area contributed by atoms with Crippen molar-refractivity contribution in [3.05, 3.63) is 52.8 Å². The number of rotatable bonds is 8. The van der Waals surface area contributed by atoms with E-state index in [0.717, 1.165) is 12.8 Å². The van der Waals surface area contributed by atoms with E-state index >= 15 is 0 Å². The van der Waals surface area contributed by atoms with Crippen LogP contribution in [0.5, 0.6) is 0 Å². The summed E-state index contributed by atoms with van der Waals surface area (Å²) in [4.78, 5) is 4.36. The van der Waals surface area contributed by atoms with E-state index in [1.165, 1.54) is 31.6 Å². The third kappa shape index (κ3) is 6.67. The van der Waals surface area contributed by atoms with Crippen LogP contribution in [0.3, 0.4) is 0 Å². The van der Waals surface area contributed by atoms with Gasteiger partial charge >= 0.3 is 0 Å². The fourth-order valence-corrected chi connectivity index (χ4v) is 2.91. The van der Waals surface area contributed by atoms with E-state index in [-0.39, 0.29) is 5.83 Å². The molecule has 0 heterocycles. The average Bonchev–Trinajstić information content (AvgIpc) is 2.65. The van der Waals surface area contributed by atoms with Gasteiger partial charge in [-0.15, -0.1) is 5.73 Å². The van der Waals surface area contributed by atoms with E-state index in [0.29, 0.717) is 34.9 Å². The van der Waals surface area contributed by atoms with Gasteiger partial charge in [-0.3, -0.25) is 4.99 Å². The average molecular weight is 343 g/mol. The second-order valence-electron chi connectivity index (χ2n) is 6.15. The van der Waals surface area contributed by atoms with E-state index in [1.807, 2.05) is 13.1 Å². The zero-order valence-corrected chi connectivity index (χ0v) is 15.7. The van der Waals surface area contributed by atoms with E-state index in [2.05, 4.69) is 22.6 Å². The van der Waals surface area contributed by atoms with Crippen molar-refractivity contribution in [1.29, 1.82) is 5.41 Å². The second kappa shape index (κ2) is 11.4. The lowest BCUT2D eigenvalue weighted by Crippen LogP contribution is -2.27. The smallest absolute Gasteiger partial charge is 0.123 e. The van der Waals surface area contributed by atoms with Gasteiger partial charge < -0.3 is 10.7 Å². The molecule has 0 aromatic carbocycles. The Labute approximate surface area is 151 Å². The molecule has 0 spiro atoms. The van der Waals surface area contributed by atoms with Gasteiger partial charge in [0.1, 0.15) is 5.83 Å². The minimum atomic E-state index is -0.247. The maximum atomic E-state index is 13.8. The summed E-state index contributed by atoms with van der Waals surface area (Å²) in [6, 6.07) is 0.462. The van der Waals surface area contributed by atoms with Gasteiger partial charge in [-0.2, -0.15) is 0 Å². The van der Waals surface area contributed by atoms with Crippen LogP contribution in [-0.4, -0.2) is 18.5 Å². The third-order valence-electron chi connectivity index (χ3n) is 4.46. The highest BCUT2D eigenvalue weighted by molar-refractivity contribution is 5.97. The summed E-state index contributed by atoms with van der Waals surface area (Å²) in [7, 11) is 0. The molecule has 0 atom stereocenters. The minimum Gasteiger partial charge on any atom is -0.388 e. The van der Waals surface area contributed by atoms with Crippen molar-refractivity contribution in [2.75, 3.05) is 0 Å². The Hall–Kier alpha value is -2.19. The Morgan fingerprint density at radius 1 is 1.36 bits per heavy atom. The summed E-state index contributed by atoms with van der Waals surface area (Å²) < 4.78 is 13.8. The van der Waals surface area contributed by atoms with Gasteiger partial charge in [-0.1, -0.05) is 38.8 Å². The number of aliphatic imine (C=N–C) groups is 1. The van der Waals surface area contributed by atoms with Gasteiger partial charge in [0, 0.05) is 47.1 Å². The molecule has 1 aliphatic rings. The number of halogens is 1. The van der Waals surface area contributed by atoms with Gasteiger partial charge in [-0.05, 0) is 33.1 Å². The van der Waals surface area contributed by atoms with E-state index in [9.17, 15) is 4.39 Å². The van der Waals surface area contributed by atoms with Crippen LogP contribution in [0.15, 0.2) is 57.8 Å². The van der Waals surface area contributed by atoms with Crippen LogP contribution in [0.25, 0.3) is 0 Å². The van der Waals surface area contributed by atoms with Crippen molar-refractivity contribution >= 4 is 12.4 Å². The molecule has 2 N–H and O–H groups in total. The molecule has 136 valence electrons. The monoisotopic (exact) mass is 343 g/mol. The standard InChI is InChI=1S/C21H30FN3/c1-5-17(14-24-16(4)20(6-2)21(22)7-3)18(13-23)15-25-19-11-9-8-10-12-19/h7,13-15,19,23,25H,1,6,8-12H2,2-4H3/b18-15+,20-16-,21-7+,23-13?,24-14-. The first-order chi connectivity index (χ1) is 12.1. The first-order valence-corrected chi connectivity index (χ1v) is 9.00. The number of nitrogens with zero attached hydrogens (tertiary/aromatic N) is 1. The Kier molecular flexibility index (Phi) is 9.49. The van der Waals surface area contributed by atoms with Gasteiger partial charge in [0.15, 0.2) is 0 Å². The van der Waals surface area contributed by atoms with Crippen LogP contribution in [0.2, 0.25) is 0 Å². The van der Waals surface area contributed by atoms with E-state index < -0.39 is 0 Å². The fourth-order valence-electron chi connectivity index (χ4n) is 2.91. The Balaban J connectivity index is 2.93. The number of allylic oxidation sites excluding steroid dienone is 6. The summed E-state index contributed by atoms with van der Waals surface area (Å²) in [5.74, 6) is -0.247. The van der Waals surface area contributed by atoms with Gasteiger partial charge in [-0.25, -0.2) is 4.39 Å². The third-order valence-corrected chi connectivity index (χ3v) is 4.46. The van der Waals surface area contributed by atoms with Gasteiger partial charge in [0.25, 0.3) is 0 Å². The maximum Gasteiger partial charge on any atom is 0.123 e. The first kappa shape index (κ1) is 20.9. The van der Waals surface area contributed by atoms with Crippen molar-refractivity contribution in [2.24, 2.45) is 4.99 Å². The van der Waals surface area contributed by atoms with Crippen LogP contribution in [0, 0.1) is 5.41 Å². The van der Waals surface area contributed by atoms with Crippen LogP contribution in [0.1, 0.15) is 59.3 Å². The summed E-state index contributed by atoms with van der Waals surface area (Å²) in [5, 5.41) is 11.0. The topological polar surface area (TPSA) is 48.2 Å². The van der Waals surface area contributed by atoms with Crippen LogP contribution >= 0.6 is 0 Å². The highest BCUT2D eigenvalue weighted by Crippen LogP contribution is 2.21. The second-order valence-corrected chi connectivity index (χ2v) is 6.15. The molecule has 1 aliphatic carbocycles. The van der Waals surface area contributed by atoms with Crippen LogP contribution in [-0.2, 0) is 0 Å². The summed E-state index contributed by atoms with van der Waals surface area (Å²) >= 11 is 0. The molecular weight excluding hydrogens is 313 g/mol. The summed E-state index contributed by atoms with van der Waals surface area (Å²) in [5.41, 5.74) is 5.32. The molecule has 0 amide bonds. The summed E-state index contributed by atoms with van der Waals surface area (Å²) in [6.07, 6.45) is 12.8. The largest absolute Gasteiger partial charge is 0.388 e. The Morgan fingerprint density at radius 3 is 2.56 bits per heavy atom. The zero-order valence-electron chi connectivity index (χ0n) is 15.7. The molecule has 0 unspecified atom stereocenters. The van der Waals surface area contributed by atoms with Gasteiger partial charge in [0.2, 0.25) is 0 Å². The molecule has 1 fully saturated rings. The lowest BCUT2D eigenvalue weighted by atomic mass is 9.95. The molecule has 0 aromatic rings. The lowest BCUT2D eigenvalue weighted by Gasteiger charge is -2.22. The number of nitrogens with one attached hydrogen (secondary N) is 2. The predicted octanol–water partition coefficient (Wildman–Crippen LogP) is 5.78. The molecule has 4 heteroatoms. The minimum absolute atomic E-state index is 0.247. The zero-order chi connectivity index (χ0) is 18.7. The Bertz CT molecular complexity index is 626. The van der Waals surface area contributed by atoms with Crippen molar-refractivity contribution in [1.82, 2.24) is 5.32 Å². The van der Waals surface area contributed by atoms with Crippen molar-refractivity contribution in [3.8, 4) is 0 Å². The molecule has 0 aliphatic heterocycles. The molecule has 3 nitrogen and oxygen atoms in total. The summed E-state index contributed by atoms with van der Waals surface area (Å²) in [6.45, 7) is 9.05. The molecule has 0 bridgehead atoms. The molecule has 0 saturated heterocycles.